The zero-order valence-corrected chi connectivity index (χ0v) is 18.6. The van der Waals surface area contributed by atoms with Crippen LogP contribution in [0.2, 0.25) is 0 Å². The van der Waals surface area contributed by atoms with Crippen LogP contribution in [0.15, 0.2) is 36.5 Å². The maximum absolute atomic E-state index is 13.0. The van der Waals surface area contributed by atoms with E-state index in [1.807, 2.05) is 43.6 Å². The maximum Gasteiger partial charge on any atom is 0.410 e. The van der Waals surface area contributed by atoms with Crippen LogP contribution in [0.1, 0.15) is 37.9 Å². The molecule has 1 aliphatic heterocycles. The Hall–Kier alpha value is -2.54. The molecule has 0 spiro atoms. The van der Waals surface area contributed by atoms with Crippen molar-refractivity contribution in [3.8, 4) is 5.75 Å². The third-order valence-corrected chi connectivity index (χ3v) is 5.19. The molecule has 2 aromatic rings. The van der Waals surface area contributed by atoms with Gasteiger partial charge in [-0.15, -0.1) is 0 Å². The number of hydrogen-bond acceptors (Lipinski definition) is 5. The Morgan fingerprint density at radius 1 is 1.13 bits per heavy atom. The van der Waals surface area contributed by atoms with Crippen molar-refractivity contribution < 1.29 is 14.3 Å². The van der Waals surface area contributed by atoms with Gasteiger partial charge in [0, 0.05) is 32.9 Å². The highest BCUT2D eigenvalue weighted by Crippen LogP contribution is 2.18. The highest BCUT2D eigenvalue weighted by atomic mass is 16.6. The van der Waals surface area contributed by atoms with E-state index in [-0.39, 0.29) is 12.2 Å². The molecule has 1 aromatic heterocycles. The molecule has 3 rings (SSSR count). The highest BCUT2D eigenvalue weighted by molar-refractivity contribution is 5.68. The number of aromatic nitrogens is 2. The summed E-state index contributed by atoms with van der Waals surface area (Å²) < 4.78 is 13.3. The van der Waals surface area contributed by atoms with Crippen molar-refractivity contribution in [3.05, 3.63) is 47.8 Å². The van der Waals surface area contributed by atoms with Crippen molar-refractivity contribution in [2.75, 3.05) is 26.7 Å². The van der Waals surface area contributed by atoms with E-state index in [1.165, 1.54) is 0 Å². The van der Waals surface area contributed by atoms with Crippen LogP contribution in [0.25, 0.3) is 0 Å². The van der Waals surface area contributed by atoms with E-state index >= 15 is 0 Å². The fourth-order valence-electron chi connectivity index (χ4n) is 3.42. The quantitative estimate of drug-likeness (QED) is 0.659. The van der Waals surface area contributed by atoms with E-state index in [0.29, 0.717) is 25.6 Å². The third kappa shape index (κ3) is 6.76. The molecule has 7 heteroatoms. The summed E-state index contributed by atoms with van der Waals surface area (Å²) in [4.78, 5) is 17.0. The van der Waals surface area contributed by atoms with Gasteiger partial charge in [0.25, 0.3) is 0 Å². The third-order valence-electron chi connectivity index (χ3n) is 5.19. The predicted molar refractivity (Wildman–Crippen MR) is 116 cm³/mol. The number of amides is 1. The first kappa shape index (κ1) is 22.2. The molecule has 0 radical (unpaired) electrons. The lowest BCUT2D eigenvalue weighted by Crippen LogP contribution is -2.39. The van der Waals surface area contributed by atoms with Crippen molar-refractivity contribution >= 4 is 6.09 Å². The fraction of sp³-hybridized carbons (Fsp3) is 0.565. The number of ether oxygens (including phenoxy) is 2. The number of aryl methyl sites for hydroxylation is 1. The van der Waals surface area contributed by atoms with Crippen LogP contribution in [0.4, 0.5) is 4.79 Å². The maximum atomic E-state index is 13.0. The van der Waals surface area contributed by atoms with Gasteiger partial charge in [-0.25, -0.2) is 4.79 Å². The standard InChI is InChI=1S/C23H34N4O3/c1-18(2)17-29-21-7-5-19(6-8-21)15-27(16-20-9-14-26(4)24-20)23(28)30-22-10-12-25(3)13-11-22/h5-9,14,18,22H,10-13,15-17H2,1-4H3. The zero-order valence-electron chi connectivity index (χ0n) is 18.6. The van der Waals surface area contributed by atoms with Gasteiger partial charge in [0.2, 0.25) is 0 Å². The van der Waals surface area contributed by atoms with Crippen molar-refractivity contribution in [1.82, 2.24) is 19.6 Å². The Bertz CT molecular complexity index is 795. The van der Waals surface area contributed by atoms with E-state index in [4.69, 9.17) is 9.47 Å². The minimum atomic E-state index is -0.282. The van der Waals surface area contributed by atoms with Gasteiger partial charge in [0.15, 0.2) is 0 Å². The van der Waals surface area contributed by atoms with Gasteiger partial charge in [-0.3, -0.25) is 9.58 Å². The molecule has 7 nitrogen and oxygen atoms in total. The summed E-state index contributed by atoms with van der Waals surface area (Å²) in [6.45, 7) is 7.73. The van der Waals surface area contributed by atoms with Gasteiger partial charge in [-0.1, -0.05) is 26.0 Å². The Morgan fingerprint density at radius 2 is 1.83 bits per heavy atom. The molecule has 0 saturated carbocycles. The van der Waals surface area contributed by atoms with Crippen LogP contribution in [-0.4, -0.2) is 58.5 Å². The summed E-state index contributed by atoms with van der Waals surface area (Å²) in [5.74, 6) is 1.32. The Labute approximate surface area is 179 Å². The largest absolute Gasteiger partial charge is 0.493 e. The molecule has 1 amide bonds. The molecular formula is C23H34N4O3. The van der Waals surface area contributed by atoms with Crippen LogP contribution >= 0.6 is 0 Å². The van der Waals surface area contributed by atoms with Crippen LogP contribution in [0.3, 0.4) is 0 Å². The molecule has 0 bridgehead atoms. The summed E-state index contributed by atoms with van der Waals surface area (Å²) in [6.07, 6.45) is 3.34. The highest BCUT2D eigenvalue weighted by Gasteiger charge is 2.24. The zero-order chi connectivity index (χ0) is 21.5. The second-order valence-corrected chi connectivity index (χ2v) is 8.57. The smallest absolute Gasteiger partial charge is 0.410 e. The van der Waals surface area contributed by atoms with Gasteiger partial charge in [-0.05, 0) is 49.6 Å². The van der Waals surface area contributed by atoms with Crippen LogP contribution in [-0.2, 0) is 24.9 Å². The molecule has 0 aliphatic carbocycles. The average Bonchev–Trinajstić information content (AvgIpc) is 3.13. The minimum Gasteiger partial charge on any atom is -0.493 e. The number of carbonyl (C=O) groups excluding carboxylic acids is 1. The summed E-state index contributed by atoms with van der Waals surface area (Å²) >= 11 is 0. The number of rotatable bonds is 8. The van der Waals surface area contributed by atoms with Gasteiger partial charge >= 0.3 is 6.09 Å². The summed E-state index contributed by atoms with van der Waals surface area (Å²) in [5.41, 5.74) is 1.87. The Kier molecular flexibility index (Phi) is 7.74. The number of hydrogen-bond donors (Lipinski definition) is 0. The normalized spacial score (nSPS) is 15.4. The molecule has 1 saturated heterocycles. The van der Waals surface area contributed by atoms with Gasteiger partial charge < -0.3 is 14.4 Å². The molecular weight excluding hydrogens is 380 g/mol. The first-order valence-electron chi connectivity index (χ1n) is 10.7. The molecule has 1 aromatic carbocycles. The lowest BCUT2D eigenvalue weighted by Gasteiger charge is -2.30. The van der Waals surface area contributed by atoms with Crippen molar-refractivity contribution in [1.29, 1.82) is 0 Å². The Morgan fingerprint density at radius 3 is 2.43 bits per heavy atom. The molecule has 30 heavy (non-hydrogen) atoms. The molecule has 1 fully saturated rings. The average molecular weight is 415 g/mol. The fourth-order valence-corrected chi connectivity index (χ4v) is 3.42. The lowest BCUT2D eigenvalue weighted by atomic mass is 10.1. The monoisotopic (exact) mass is 414 g/mol. The van der Waals surface area contributed by atoms with Crippen LogP contribution < -0.4 is 4.74 Å². The lowest BCUT2D eigenvalue weighted by molar-refractivity contribution is 0.0296. The first-order chi connectivity index (χ1) is 14.4. The molecule has 2 heterocycles. The van der Waals surface area contributed by atoms with Crippen molar-refractivity contribution in [2.45, 2.75) is 45.9 Å². The predicted octanol–water partition coefficient (Wildman–Crippen LogP) is 3.69. The Balaban J connectivity index is 1.65. The number of nitrogens with zero attached hydrogens (tertiary/aromatic N) is 4. The summed E-state index contributed by atoms with van der Waals surface area (Å²) in [7, 11) is 3.97. The van der Waals surface area contributed by atoms with E-state index < -0.39 is 0 Å². The van der Waals surface area contributed by atoms with E-state index in [2.05, 4.69) is 30.9 Å². The van der Waals surface area contributed by atoms with Gasteiger partial charge in [0.05, 0.1) is 18.8 Å². The van der Waals surface area contributed by atoms with Crippen molar-refractivity contribution in [3.63, 3.8) is 0 Å². The molecule has 1 aliphatic rings. The first-order valence-corrected chi connectivity index (χ1v) is 10.7. The van der Waals surface area contributed by atoms with Crippen LogP contribution in [0.5, 0.6) is 5.75 Å². The number of piperidine rings is 1. The van der Waals surface area contributed by atoms with Gasteiger partial charge in [0.1, 0.15) is 11.9 Å². The molecule has 0 atom stereocenters. The second kappa shape index (κ2) is 10.5. The molecule has 0 N–H and O–H groups in total. The topological polar surface area (TPSA) is 59.8 Å². The second-order valence-electron chi connectivity index (χ2n) is 8.57. The minimum absolute atomic E-state index is 0.0215. The summed E-state index contributed by atoms with van der Waals surface area (Å²) in [6, 6.07) is 9.85. The summed E-state index contributed by atoms with van der Waals surface area (Å²) in [5, 5.41) is 4.43. The number of likely N-dealkylation sites (tertiary alicyclic amines) is 1. The van der Waals surface area contributed by atoms with E-state index in [9.17, 15) is 4.79 Å². The molecule has 0 unspecified atom stereocenters. The SMILES string of the molecule is CC(C)COc1ccc(CN(Cc2ccn(C)n2)C(=O)OC2CCN(C)CC2)cc1. The van der Waals surface area contributed by atoms with E-state index in [0.717, 1.165) is 42.9 Å². The number of benzene rings is 1. The molecule has 164 valence electrons. The van der Waals surface area contributed by atoms with Crippen LogP contribution in [0, 0.1) is 5.92 Å². The van der Waals surface area contributed by atoms with E-state index in [1.54, 1.807) is 9.58 Å². The van der Waals surface area contributed by atoms with Gasteiger partial charge in [-0.2, -0.15) is 5.10 Å². The number of carbonyl (C=O) groups is 1. The van der Waals surface area contributed by atoms with Crippen molar-refractivity contribution in [2.24, 2.45) is 13.0 Å².